The van der Waals surface area contributed by atoms with E-state index in [0.29, 0.717) is 31.8 Å². The lowest BCUT2D eigenvalue weighted by Crippen LogP contribution is -2.56. The van der Waals surface area contributed by atoms with E-state index in [1.54, 1.807) is 20.8 Å². The third kappa shape index (κ3) is 6.78. The second-order valence-electron chi connectivity index (χ2n) is 11.3. The minimum atomic E-state index is -1.36. The Balaban J connectivity index is 1.89. The Morgan fingerprint density at radius 2 is 2.00 bits per heavy atom. The van der Waals surface area contributed by atoms with Crippen LogP contribution in [0.5, 0.6) is 0 Å². The fourth-order valence-corrected chi connectivity index (χ4v) is 5.08. The molecular formula is C26H41N3O7. The molecule has 0 aromatic rings. The summed E-state index contributed by atoms with van der Waals surface area (Å²) < 4.78 is 11.1. The number of nitrogens with one attached hydrogen (secondary N) is 2. The SMILES string of the molecule is CCO[C@@H]1C[C@H]2C(=O)N[C@]3(C(=O)O)CC3/C=C\CC(C)CCC[C@H](NC(=O)OC(C)(C)C)C(=O)N2C1. The first-order chi connectivity index (χ1) is 16.9. The van der Waals surface area contributed by atoms with E-state index in [2.05, 4.69) is 17.6 Å². The van der Waals surface area contributed by atoms with Crippen LogP contribution >= 0.6 is 0 Å². The van der Waals surface area contributed by atoms with Gasteiger partial charge in [-0.1, -0.05) is 31.9 Å². The number of nitrogens with zero attached hydrogens (tertiary/aromatic N) is 1. The van der Waals surface area contributed by atoms with Crippen LogP contribution in [0.1, 0.15) is 73.1 Å². The molecule has 10 heteroatoms. The average molecular weight is 508 g/mol. The van der Waals surface area contributed by atoms with Crippen molar-refractivity contribution in [1.82, 2.24) is 15.5 Å². The minimum absolute atomic E-state index is 0.192. The third-order valence-electron chi connectivity index (χ3n) is 7.08. The second-order valence-corrected chi connectivity index (χ2v) is 11.3. The van der Waals surface area contributed by atoms with Crippen LogP contribution in [0.3, 0.4) is 0 Å². The lowest BCUT2D eigenvalue weighted by molar-refractivity contribution is -0.145. The molecule has 10 nitrogen and oxygen atoms in total. The average Bonchev–Trinajstić information content (AvgIpc) is 3.29. The van der Waals surface area contributed by atoms with Crippen LogP contribution in [0.2, 0.25) is 0 Å². The molecule has 2 aliphatic heterocycles. The van der Waals surface area contributed by atoms with Crippen molar-refractivity contribution in [3.05, 3.63) is 12.2 Å². The Kier molecular flexibility index (Phi) is 8.69. The van der Waals surface area contributed by atoms with E-state index in [4.69, 9.17) is 9.47 Å². The molecule has 1 saturated carbocycles. The van der Waals surface area contributed by atoms with Crippen LogP contribution in [0.4, 0.5) is 4.79 Å². The van der Waals surface area contributed by atoms with E-state index in [0.717, 1.165) is 12.8 Å². The van der Waals surface area contributed by atoms with Gasteiger partial charge in [-0.2, -0.15) is 0 Å². The van der Waals surface area contributed by atoms with Crippen LogP contribution in [0.25, 0.3) is 0 Å². The second kappa shape index (κ2) is 11.2. The number of carbonyl (C=O) groups is 4. The number of carboxylic acid groups (broad SMARTS) is 1. The monoisotopic (exact) mass is 507 g/mol. The van der Waals surface area contributed by atoms with Crippen LogP contribution in [0, 0.1) is 11.8 Å². The zero-order chi connectivity index (χ0) is 26.7. The number of carboxylic acids is 1. The van der Waals surface area contributed by atoms with Gasteiger partial charge in [0, 0.05) is 25.5 Å². The Morgan fingerprint density at radius 1 is 1.28 bits per heavy atom. The maximum absolute atomic E-state index is 13.7. The highest BCUT2D eigenvalue weighted by atomic mass is 16.6. The van der Waals surface area contributed by atoms with Crippen molar-refractivity contribution in [2.24, 2.45) is 11.8 Å². The maximum atomic E-state index is 13.7. The fraction of sp³-hybridized carbons (Fsp3) is 0.769. The summed E-state index contributed by atoms with van der Waals surface area (Å²) >= 11 is 0. The van der Waals surface area contributed by atoms with Crippen LogP contribution in [-0.2, 0) is 23.9 Å². The molecule has 202 valence electrons. The number of ether oxygens (including phenoxy) is 2. The van der Waals surface area contributed by atoms with Crippen LogP contribution in [-0.4, -0.2) is 76.4 Å². The minimum Gasteiger partial charge on any atom is -0.479 e. The van der Waals surface area contributed by atoms with Crippen molar-refractivity contribution in [2.45, 2.75) is 102 Å². The van der Waals surface area contributed by atoms with Crippen molar-refractivity contribution in [3.63, 3.8) is 0 Å². The molecule has 3 N–H and O–H groups in total. The molecule has 0 aromatic carbocycles. The van der Waals surface area contributed by atoms with E-state index in [-0.39, 0.29) is 30.9 Å². The Labute approximate surface area is 213 Å². The first-order valence-corrected chi connectivity index (χ1v) is 13.0. The predicted molar refractivity (Wildman–Crippen MR) is 132 cm³/mol. The molecule has 0 radical (unpaired) electrons. The summed E-state index contributed by atoms with van der Waals surface area (Å²) in [6.45, 7) is 9.79. The largest absolute Gasteiger partial charge is 0.479 e. The maximum Gasteiger partial charge on any atom is 0.408 e. The smallest absolute Gasteiger partial charge is 0.408 e. The summed E-state index contributed by atoms with van der Waals surface area (Å²) in [6, 6.07) is -1.76. The Morgan fingerprint density at radius 3 is 2.64 bits per heavy atom. The first kappa shape index (κ1) is 28.0. The molecule has 2 heterocycles. The van der Waals surface area contributed by atoms with E-state index < -0.39 is 41.2 Å². The number of amides is 3. The third-order valence-corrected chi connectivity index (χ3v) is 7.08. The standard InChI is InChI=1S/C26H41N3O7/c1-6-35-18-13-20-21(30)28-26(23(32)33)14-17(26)11-7-9-16(2)10-8-12-19(22(31)29(20)15-18)27-24(34)36-25(3,4)5/h7,11,16-20H,6,8-10,12-15H2,1-5H3,(H,27,34)(H,28,30)(H,32,33)/b11-7-/t16?,17?,18-,19+,20+,26-/m1/s1. The van der Waals surface area contributed by atoms with Crippen molar-refractivity contribution in [1.29, 1.82) is 0 Å². The summed E-state index contributed by atoms with van der Waals surface area (Å²) in [6.07, 6.45) is 6.10. The number of carbonyl (C=O) groups excluding carboxylic acids is 3. The topological polar surface area (TPSA) is 134 Å². The number of allylic oxidation sites excluding steroid dienone is 1. The highest BCUT2D eigenvalue weighted by Crippen LogP contribution is 2.45. The molecule has 2 unspecified atom stereocenters. The zero-order valence-electron chi connectivity index (χ0n) is 22.0. The zero-order valence-corrected chi connectivity index (χ0v) is 22.0. The number of rotatable bonds is 4. The molecule has 0 aromatic heterocycles. The Bertz CT molecular complexity index is 883. The number of alkyl carbamates (subject to hydrolysis) is 1. The molecule has 3 rings (SSSR count). The quantitative estimate of drug-likeness (QED) is 0.498. The van der Waals surface area contributed by atoms with Gasteiger partial charge in [-0.25, -0.2) is 9.59 Å². The molecule has 36 heavy (non-hydrogen) atoms. The lowest BCUT2D eigenvalue weighted by Gasteiger charge is -2.30. The number of fused-ring (bicyclic) bond motifs is 2. The summed E-state index contributed by atoms with van der Waals surface area (Å²) in [4.78, 5) is 53.2. The van der Waals surface area contributed by atoms with Gasteiger partial charge in [-0.3, -0.25) is 9.59 Å². The van der Waals surface area contributed by atoms with Gasteiger partial charge in [-0.05, 0) is 52.9 Å². The highest BCUT2D eigenvalue weighted by Gasteiger charge is 2.61. The number of aliphatic carboxylic acids is 1. The van der Waals surface area contributed by atoms with E-state index >= 15 is 0 Å². The van der Waals surface area contributed by atoms with Crippen molar-refractivity contribution < 1.29 is 33.8 Å². The van der Waals surface area contributed by atoms with Gasteiger partial charge >= 0.3 is 12.1 Å². The number of hydrogen-bond donors (Lipinski definition) is 3. The number of hydrogen-bond acceptors (Lipinski definition) is 6. The normalized spacial score (nSPS) is 34.4. The molecule has 1 saturated heterocycles. The van der Waals surface area contributed by atoms with Gasteiger partial charge < -0.3 is 30.1 Å². The van der Waals surface area contributed by atoms with Crippen LogP contribution in [0.15, 0.2) is 12.2 Å². The van der Waals surface area contributed by atoms with Crippen molar-refractivity contribution >= 4 is 23.9 Å². The molecule has 3 amide bonds. The highest BCUT2D eigenvalue weighted by molar-refractivity contribution is 5.96. The van der Waals surface area contributed by atoms with E-state index in [9.17, 15) is 24.3 Å². The summed E-state index contributed by atoms with van der Waals surface area (Å²) in [7, 11) is 0. The summed E-state index contributed by atoms with van der Waals surface area (Å²) in [5.74, 6) is -1.95. The fourth-order valence-electron chi connectivity index (χ4n) is 5.08. The molecule has 3 aliphatic rings. The van der Waals surface area contributed by atoms with Crippen molar-refractivity contribution in [3.8, 4) is 0 Å². The molecule has 1 aliphatic carbocycles. The lowest BCUT2D eigenvalue weighted by atomic mass is 9.97. The van der Waals surface area contributed by atoms with E-state index in [1.165, 1.54) is 4.90 Å². The van der Waals surface area contributed by atoms with Crippen molar-refractivity contribution in [2.75, 3.05) is 13.2 Å². The first-order valence-electron chi connectivity index (χ1n) is 13.0. The van der Waals surface area contributed by atoms with Gasteiger partial charge in [-0.15, -0.1) is 0 Å². The summed E-state index contributed by atoms with van der Waals surface area (Å²) in [5, 5.41) is 15.4. The molecule has 0 bridgehead atoms. The van der Waals surface area contributed by atoms with Gasteiger partial charge in [0.05, 0.1) is 6.10 Å². The van der Waals surface area contributed by atoms with Gasteiger partial charge in [0.25, 0.3) is 0 Å². The molecule has 0 spiro atoms. The van der Waals surface area contributed by atoms with Gasteiger partial charge in [0.2, 0.25) is 11.8 Å². The Hall–Kier alpha value is -2.62. The van der Waals surface area contributed by atoms with Gasteiger partial charge in [0.1, 0.15) is 23.2 Å². The van der Waals surface area contributed by atoms with E-state index in [1.807, 2.05) is 19.1 Å². The van der Waals surface area contributed by atoms with Gasteiger partial charge in [0.15, 0.2) is 0 Å². The molecule has 6 atom stereocenters. The molecular weight excluding hydrogens is 466 g/mol. The molecule has 2 fully saturated rings. The predicted octanol–water partition coefficient (Wildman–Crippen LogP) is 2.61. The van der Waals surface area contributed by atoms with Crippen LogP contribution < -0.4 is 10.6 Å². The summed E-state index contributed by atoms with van der Waals surface area (Å²) in [5.41, 5.74) is -2.08.